The molecule has 4 heteroatoms. The fourth-order valence-electron chi connectivity index (χ4n) is 2.41. The van der Waals surface area contributed by atoms with E-state index in [0.717, 1.165) is 5.56 Å². The normalized spacial score (nSPS) is 25.3. The third-order valence-corrected chi connectivity index (χ3v) is 3.48. The van der Waals surface area contributed by atoms with Crippen LogP contribution in [-0.2, 0) is 16.9 Å². The second-order valence-electron chi connectivity index (χ2n) is 4.54. The summed E-state index contributed by atoms with van der Waals surface area (Å²) in [5.74, 6) is -0.0367. The molecule has 4 nitrogen and oxygen atoms in total. The van der Waals surface area contributed by atoms with Crippen molar-refractivity contribution >= 4 is 0 Å². The Labute approximate surface area is 110 Å². The van der Waals surface area contributed by atoms with Crippen molar-refractivity contribution in [1.29, 1.82) is 0 Å². The lowest BCUT2D eigenvalue weighted by atomic mass is 9.89. The Bertz CT molecular complexity index is 596. The minimum absolute atomic E-state index is 0.0367. The Balaban J connectivity index is 2.15. The first-order valence-corrected chi connectivity index (χ1v) is 6.03. The zero-order chi connectivity index (χ0) is 13.5. The second kappa shape index (κ2) is 4.35. The van der Waals surface area contributed by atoms with Gasteiger partial charge in [0.2, 0.25) is 0 Å². The summed E-state index contributed by atoms with van der Waals surface area (Å²) in [5.41, 5.74) is 0.623. The summed E-state index contributed by atoms with van der Waals surface area (Å²) in [7, 11) is 0. The Morgan fingerprint density at radius 2 is 1.74 bits per heavy atom. The van der Waals surface area contributed by atoms with Crippen LogP contribution < -0.4 is 0 Å². The van der Waals surface area contributed by atoms with Gasteiger partial charge in [-0.05, 0) is 5.56 Å². The summed E-state index contributed by atoms with van der Waals surface area (Å²) in [5, 5.41) is 29.3. The molecule has 3 N–H and O–H groups in total. The van der Waals surface area contributed by atoms with Gasteiger partial charge < -0.3 is 20.1 Å². The summed E-state index contributed by atoms with van der Waals surface area (Å²) in [6, 6.07) is 14.3. The van der Waals surface area contributed by atoms with E-state index in [1.807, 2.05) is 30.3 Å². The monoisotopic (exact) mass is 258 g/mol. The molecule has 3 rings (SSSR count). The summed E-state index contributed by atoms with van der Waals surface area (Å²) in [4.78, 5) is 0. The predicted molar refractivity (Wildman–Crippen MR) is 68.3 cm³/mol. The molecule has 1 fully saturated rings. The van der Waals surface area contributed by atoms with Crippen LogP contribution in [0.1, 0.15) is 16.7 Å². The molecule has 1 heterocycles. The lowest BCUT2D eigenvalue weighted by molar-refractivity contribution is 0.155. The van der Waals surface area contributed by atoms with Crippen molar-refractivity contribution in [3.05, 3.63) is 65.2 Å². The fourth-order valence-corrected chi connectivity index (χ4v) is 2.41. The molecule has 0 bridgehead atoms. The van der Waals surface area contributed by atoms with Gasteiger partial charge >= 0.3 is 0 Å². The van der Waals surface area contributed by atoms with Gasteiger partial charge in [-0.15, -0.1) is 0 Å². The molecule has 1 aliphatic rings. The number of phenols is 1. The van der Waals surface area contributed by atoms with Crippen LogP contribution in [0.2, 0.25) is 0 Å². The molecule has 2 unspecified atom stereocenters. The van der Waals surface area contributed by atoms with Gasteiger partial charge in [-0.3, -0.25) is 0 Å². The zero-order valence-corrected chi connectivity index (χ0v) is 10.2. The van der Waals surface area contributed by atoms with Gasteiger partial charge in [0.1, 0.15) is 5.75 Å². The molecule has 1 aliphatic heterocycles. The molecule has 98 valence electrons. The van der Waals surface area contributed by atoms with Crippen LogP contribution in [0.3, 0.4) is 0 Å². The number of ether oxygens (including phenoxy) is 1. The van der Waals surface area contributed by atoms with Crippen molar-refractivity contribution < 1.29 is 20.1 Å². The van der Waals surface area contributed by atoms with E-state index in [1.165, 1.54) is 0 Å². The van der Waals surface area contributed by atoms with Crippen LogP contribution >= 0.6 is 0 Å². The van der Waals surface area contributed by atoms with Gasteiger partial charge in [0.25, 0.3) is 0 Å². The van der Waals surface area contributed by atoms with E-state index < -0.39 is 11.9 Å². The smallest absolute Gasteiger partial charge is 0.194 e. The van der Waals surface area contributed by atoms with E-state index in [2.05, 4.69) is 0 Å². The van der Waals surface area contributed by atoms with Crippen molar-refractivity contribution in [3.63, 3.8) is 0 Å². The maximum absolute atomic E-state index is 10.2. The molecule has 0 amide bonds. The van der Waals surface area contributed by atoms with Gasteiger partial charge in [0.15, 0.2) is 11.9 Å². The Kier molecular flexibility index (Phi) is 2.78. The van der Waals surface area contributed by atoms with E-state index in [1.54, 1.807) is 18.2 Å². The highest BCUT2D eigenvalue weighted by Gasteiger charge is 2.60. The lowest BCUT2D eigenvalue weighted by Gasteiger charge is -2.16. The van der Waals surface area contributed by atoms with E-state index >= 15 is 0 Å². The van der Waals surface area contributed by atoms with Crippen LogP contribution in [0.4, 0.5) is 0 Å². The molecule has 2 aromatic carbocycles. The summed E-state index contributed by atoms with van der Waals surface area (Å²) < 4.78 is 5.37. The van der Waals surface area contributed by atoms with E-state index in [9.17, 15) is 15.3 Å². The van der Waals surface area contributed by atoms with Crippen molar-refractivity contribution in [3.8, 4) is 5.75 Å². The lowest BCUT2D eigenvalue weighted by Crippen LogP contribution is -2.15. The first-order chi connectivity index (χ1) is 9.20. The third-order valence-electron chi connectivity index (χ3n) is 3.48. The molecule has 0 radical (unpaired) electrons. The minimum atomic E-state index is -1.03. The molecule has 0 aliphatic carbocycles. The van der Waals surface area contributed by atoms with Crippen LogP contribution in [0.5, 0.6) is 5.75 Å². The fraction of sp³-hybridized carbons (Fsp3) is 0.200. The van der Waals surface area contributed by atoms with E-state index in [-0.39, 0.29) is 12.4 Å². The topological polar surface area (TPSA) is 73.2 Å². The Morgan fingerprint density at radius 1 is 1.05 bits per heavy atom. The molecular formula is C15H14O4. The van der Waals surface area contributed by atoms with Crippen LogP contribution in [0.15, 0.2) is 48.5 Å². The predicted octanol–water partition coefficient (Wildman–Crippen LogP) is 1.48. The molecule has 0 aromatic heterocycles. The standard InChI is InChI=1S/C15H14O4/c16-9-10-5-4-8-12(13(10)17)15(14(18)19-15)11-6-2-1-3-7-11/h1-8,14,16-18H,9H2. The maximum Gasteiger partial charge on any atom is 0.194 e. The first-order valence-electron chi connectivity index (χ1n) is 6.03. The average molecular weight is 258 g/mol. The molecular weight excluding hydrogens is 244 g/mol. The number of aliphatic hydroxyl groups excluding tert-OH is 2. The molecule has 0 spiro atoms. The largest absolute Gasteiger partial charge is 0.507 e. The van der Waals surface area contributed by atoms with Crippen LogP contribution in [-0.4, -0.2) is 21.6 Å². The number of rotatable bonds is 3. The van der Waals surface area contributed by atoms with Crippen LogP contribution in [0, 0.1) is 0 Å². The Hall–Kier alpha value is -1.88. The maximum atomic E-state index is 10.2. The number of epoxide rings is 1. The molecule has 0 saturated carbocycles. The Morgan fingerprint density at radius 3 is 2.32 bits per heavy atom. The van der Waals surface area contributed by atoms with Crippen molar-refractivity contribution in [2.45, 2.75) is 18.5 Å². The first kappa shape index (κ1) is 12.2. The van der Waals surface area contributed by atoms with Gasteiger partial charge in [-0.1, -0.05) is 48.5 Å². The van der Waals surface area contributed by atoms with Crippen molar-refractivity contribution in [2.75, 3.05) is 0 Å². The van der Waals surface area contributed by atoms with Crippen molar-refractivity contribution in [1.82, 2.24) is 0 Å². The van der Waals surface area contributed by atoms with Crippen LogP contribution in [0.25, 0.3) is 0 Å². The number of aromatic hydroxyl groups is 1. The summed E-state index contributed by atoms with van der Waals surface area (Å²) in [6.45, 7) is -0.263. The number of hydrogen-bond acceptors (Lipinski definition) is 4. The van der Waals surface area contributed by atoms with Gasteiger partial charge in [0.05, 0.1) is 6.61 Å². The molecule has 2 aromatic rings. The minimum Gasteiger partial charge on any atom is -0.507 e. The molecule has 1 saturated heterocycles. The average Bonchev–Trinajstić information content (AvgIpc) is 3.13. The highest BCUT2D eigenvalue weighted by Crippen LogP contribution is 2.53. The van der Waals surface area contributed by atoms with Gasteiger partial charge in [-0.25, -0.2) is 0 Å². The quantitative estimate of drug-likeness (QED) is 0.729. The number of para-hydroxylation sites is 1. The van der Waals surface area contributed by atoms with E-state index in [4.69, 9.17) is 4.74 Å². The highest BCUT2D eigenvalue weighted by molar-refractivity contribution is 5.51. The van der Waals surface area contributed by atoms with Crippen molar-refractivity contribution in [2.24, 2.45) is 0 Å². The molecule has 2 atom stereocenters. The summed E-state index contributed by atoms with van der Waals surface area (Å²) >= 11 is 0. The SMILES string of the molecule is OCc1cccc(C2(c3ccccc3)OC2O)c1O. The van der Waals surface area contributed by atoms with E-state index in [0.29, 0.717) is 11.1 Å². The highest BCUT2D eigenvalue weighted by atomic mass is 16.7. The number of aliphatic hydroxyl groups is 2. The summed E-state index contributed by atoms with van der Waals surface area (Å²) in [6.07, 6.45) is -0.991. The van der Waals surface area contributed by atoms with Gasteiger partial charge in [0, 0.05) is 11.1 Å². The second-order valence-corrected chi connectivity index (χ2v) is 4.54. The van der Waals surface area contributed by atoms with Gasteiger partial charge in [-0.2, -0.15) is 0 Å². The number of hydrogen-bond donors (Lipinski definition) is 3. The third kappa shape index (κ3) is 1.73. The number of benzene rings is 2. The zero-order valence-electron chi connectivity index (χ0n) is 10.2. The molecule has 19 heavy (non-hydrogen) atoms.